The quantitative estimate of drug-likeness (QED) is 0.629. The fourth-order valence-electron chi connectivity index (χ4n) is 1.19. The molecular weight excluding hydrogens is 389 g/mol. The van der Waals surface area contributed by atoms with Crippen LogP contribution in [0, 0.1) is 3.57 Å². The average molecular weight is 396 g/mol. The third-order valence-electron chi connectivity index (χ3n) is 1.85. The van der Waals surface area contributed by atoms with E-state index < -0.39 is 24.5 Å². The van der Waals surface area contributed by atoms with Gasteiger partial charge in [0, 0.05) is 5.56 Å². The summed E-state index contributed by atoms with van der Waals surface area (Å²) in [5.41, 5.74) is 0.345. The molecular formula is C9H6ClF3INO3. The van der Waals surface area contributed by atoms with Gasteiger partial charge in [0.1, 0.15) is 0 Å². The molecule has 0 amide bonds. The van der Waals surface area contributed by atoms with E-state index in [1.807, 2.05) is 0 Å². The van der Waals surface area contributed by atoms with E-state index in [0.717, 1.165) is 6.20 Å². The Hall–Kier alpha value is -0.770. The maximum Gasteiger partial charge on any atom is 0.573 e. The predicted molar refractivity (Wildman–Crippen MR) is 64.5 cm³/mol. The van der Waals surface area contributed by atoms with E-state index in [4.69, 9.17) is 16.7 Å². The number of pyridine rings is 1. The largest absolute Gasteiger partial charge is 0.573 e. The Labute approximate surface area is 118 Å². The summed E-state index contributed by atoms with van der Waals surface area (Å²) in [6.45, 7) is 0. The van der Waals surface area contributed by atoms with Gasteiger partial charge in [-0.3, -0.25) is 9.78 Å². The molecule has 0 atom stereocenters. The monoisotopic (exact) mass is 395 g/mol. The number of rotatable bonds is 4. The van der Waals surface area contributed by atoms with Crippen molar-refractivity contribution in [3.63, 3.8) is 0 Å². The maximum atomic E-state index is 12.1. The molecule has 0 spiro atoms. The summed E-state index contributed by atoms with van der Waals surface area (Å²) in [4.78, 5) is 14.3. The van der Waals surface area contributed by atoms with Crippen molar-refractivity contribution in [1.29, 1.82) is 0 Å². The molecule has 0 saturated carbocycles. The molecule has 0 aliphatic carbocycles. The van der Waals surface area contributed by atoms with Crippen LogP contribution in [0.4, 0.5) is 13.2 Å². The molecule has 1 heterocycles. The molecule has 100 valence electrons. The number of nitrogens with zero attached hydrogens (tertiary/aromatic N) is 1. The Balaban J connectivity index is 3.20. The molecule has 1 N–H and O–H groups in total. The van der Waals surface area contributed by atoms with Gasteiger partial charge in [0.2, 0.25) is 0 Å². The van der Waals surface area contributed by atoms with Gasteiger partial charge in [-0.15, -0.1) is 24.8 Å². The van der Waals surface area contributed by atoms with E-state index in [9.17, 15) is 18.0 Å². The van der Waals surface area contributed by atoms with Gasteiger partial charge in [-0.1, -0.05) is 0 Å². The summed E-state index contributed by atoms with van der Waals surface area (Å²) in [5, 5.41) is 8.70. The van der Waals surface area contributed by atoms with Crippen molar-refractivity contribution in [1.82, 2.24) is 4.98 Å². The fourth-order valence-corrected chi connectivity index (χ4v) is 2.17. The van der Waals surface area contributed by atoms with Crippen LogP contribution in [0.3, 0.4) is 0 Å². The molecule has 4 nitrogen and oxygen atoms in total. The molecule has 18 heavy (non-hydrogen) atoms. The van der Waals surface area contributed by atoms with E-state index in [1.54, 1.807) is 22.6 Å². The van der Waals surface area contributed by atoms with E-state index in [1.165, 1.54) is 0 Å². The summed E-state index contributed by atoms with van der Waals surface area (Å²) in [5.74, 6) is -1.82. The van der Waals surface area contributed by atoms with Gasteiger partial charge in [-0.2, -0.15) is 0 Å². The van der Waals surface area contributed by atoms with Gasteiger partial charge in [0.15, 0.2) is 5.75 Å². The van der Waals surface area contributed by atoms with Crippen LogP contribution in [0.25, 0.3) is 0 Å². The highest BCUT2D eigenvalue weighted by Gasteiger charge is 2.33. The Morgan fingerprint density at radius 2 is 2.17 bits per heavy atom. The first kappa shape index (κ1) is 15.3. The highest BCUT2D eigenvalue weighted by atomic mass is 127. The van der Waals surface area contributed by atoms with Gasteiger partial charge in [0.05, 0.1) is 27.8 Å². The minimum atomic E-state index is -4.86. The number of alkyl halides is 4. The zero-order valence-electron chi connectivity index (χ0n) is 8.59. The number of carbonyl (C=O) groups is 1. The Morgan fingerprint density at radius 3 is 2.61 bits per heavy atom. The molecule has 1 aromatic heterocycles. The van der Waals surface area contributed by atoms with Crippen LogP contribution in [0.1, 0.15) is 11.3 Å². The topological polar surface area (TPSA) is 59.4 Å². The number of aliphatic carboxylic acids is 1. The molecule has 0 radical (unpaired) electrons. The van der Waals surface area contributed by atoms with Crippen LogP contribution < -0.4 is 4.74 Å². The van der Waals surface area contributed by atoms with Crippen LogP contribution in [0.2, 0.25) is 0 Å². The summed E-state index contributed by atoms with van der Waals surface area (Å²) >= 11 is 7.13. The van der Waals surface area contributed by atoms with Crippen molar-refractivity contribution in [2.24, 2.45) is 0 Å². The van der Waals surface area contributed by atoms with Crippen molar-refractivity contribution in [2.45, 2.75) is 18.7 Å². The standard InChI is InChI=1S/C9H6ClF3INO3/c10-2-5-4(1-7(16)17)8(14)6(3-15-5)18-9(11,12)13/h3H,1-2H2,(H,16,17). The first-order chi connectivity index (χ1) is 8.24. The van der Waals surface area contributed by atoms with Gasteiger partial charge < -0.3 is 9.84 Å². The highest BCUT2D eigenvalue weighted by Crippen LogP contribution is 2.31. The molecule has 0 aromatic carbocycles. The number of hydrogen-bond acceptors (Lipinski definition) is 3. The smallest absolute Gasteiger partial charge is 0.481 e. The van der Waals surface area contributed by atoms with Crippen LogP contribution in [0.15, 0.2) is 6.20 Å². The lowest BCUT2D eigenvalue weighted by atomic mass is 10.1. The predicted octanol–water partition coefficient (Wildman–Crippen LogP) is 2.95. The fraction of sp³-hybridized carbons (Fsp3) is 0.333. The third-order valence-corrected chi connectivity index (χ3v) is 3.28. The van der Waals surface area contributed by atoms with Gasteiger partial charge in [-0.05, 0) is 22.6 Å². The molecule has 0 unspecified atom stereocenters. The summed E-state index contributed by atoms with van der Waals surface area (Å²) < 4.78 is 40.1. The number of carboxylic acids is 1. The minimum absolute atomic E-state index is 0.0398. The van der Waals surface area contributed by atoms with Crippen molar-refractivity contribution < 1.29 is 27.8 Å². The van der Waals surface area contributed by atoms with Crippen molar-refractivity contribution in [2.75, 3.05) is 0 Å². The van der Waals surface area contributed by atoms with E-state index in [-0.39, 0.29) is 20.7 Å². The molecule has 0 aliphatic rings. The normalized spacial score (nSPS) is 11.4. The van der Waals surface area contributed by atoms with E-state index >= 15 is 0 Å². The maximum absolute atomic E-state index is 12.1. The van der Waals surface area contributed by atoms with Crippen molar-refractivity contribution in [3.05, 3.63) is 21.0 Å². The second-order valence-corrected chi connectivity index (χ2v) is 4.46. The zero-order valence-corrected chi connectivity index (χ0v) is 11.5. The lowest BCUT2D eigenvalue weighted by molar-refractivity contribution is -0.275. The third kappa shape index (κ3) is 4.16. The number of aromatic nitrogens is 1. The van der Waals surface area contributed by atoms with Gasteiger partial charge in [-0.25, -0.2) is 0 Å². The minimum Gasteiger partial charge on any atom is -0.481 e. The zero-order chi connectivity index (χ0) is 13.9. The Kier molecular flexibility index (Phi) is 5.02. The van der Waals surface area contributed by atoms with Crippen LogP contribution in [-0.2, 0) is 17.1 Å². The molecule has 0 fully saturated rings. The van der Waals surface area contributed by atoms with Crippen LogP contribution in [-0.4, -0.2) is 22.4 Å². The van der Waals surface area contributed by atoms with Gasteiger partial charge >= 0.3 is 12.3 Å². The SMILES string of the molecule is O=C(O)Cc1c(CCl)ncc(OC(F)(F)F)c1I. The second-order valence-electron chi connectivity index (χ2n) is 3.11. The first-order valence-corrected chi connectivity index (χ1v) is 6.05. The van der Waals surface area contributed by atoms with Gasteiger partial charge in [0.25, 0.3) is 0 Å². The van der Waals surface area contributed by atoms with Crippen molar-refractivity contribution in [3.8, 4) is 5.75 Å². The Morgan fingerprint density at radius 1 is 1.56 bits per heavy atom. The summed E-state index contributed by atoms with van der Waals surface area (Å²) in [7, 11) is 0. The molecule has 9 heteroatoms. The molecule has 0 saturated heterocycles. The summed E-state index contributed by atoms with van der Waals surface area (Å²) in [6.07, 6.45) is -4.45. The number of halogens is 5. The Bertz CT molecular complexity index is 467. The number of hydrogen-bond donors (Lipinski definition) is 1. The number of ether oxygens (including phenoxy) is 1. The second kappa shape index (κ2) is 5.91. The van der Waals surface area contributed by atoms with E-state index in [0.29, 0.717) is 0 Å². The lowest BCUT2D eigenvalue weighted by Crippen LogP contribution is -2.19. The molecule has 0 aliphatic heterocycles. The van der Waals surface area contributed by atoms with Crippen LogP contribution >= 0.6 is 34.2 Å². The van der Waals surface area contributed by atoms with E-state index in [2.05, 4.69) is 9.72 Å². The van der Waals surface area contributed by atoms with Crippen molar-refractivity contribution >= 4 is 40.2 Å². The average Bonchev–Trinajstić information content (AvgIpc) is 2.22. The first-order valence-electron chi connectivity index (χ1n) is 4.44. The highest BCUT2D eigenvalue weighted by molar-refractivity contribution is 14.1. The van der Waals surface area contributed by atoms with Crippen LogP contribution in [0.5, 0.6) is 5.75 Å². The lowest BCUT2D eigenvalue weighted by Gasteiger charge is -2.14. The molecule has 1 rings (SSSR count). The molecule has 0 bridgehead atoms. The molecule has 1 aromatic rings. The number of carboxylic acid groups (broad SMARTS) is 1. The summed E-state index contributed by atoms with van der Waals surface area (Å²) in [6, 6.07) is 0.